The Bertz CT molecular complexity index is 653. The fraction of sp³-hybridized carbons (Fsp3) is 0.542. The molecule has 0 fully saturated rings. The van der Waals surface area contributed by atoms with Crippen LogP contribution in [0.25, 0.3) is 0 Å². The molecule has 160 valence electrons. The van der Waals surface area contributed by atoms with E-state index in [-0.39, 0.29) is 17.3 Å². The molecular formula is C24H36N2O3. The highest BCUT2D eigenvalue weighted by Gasteiger charge is 2.12. The van der Waals surface area contributed by atoms with Crippen molar-refractivity contribution in [2.24, 2.45) is 0 Å². The van der Waals surface area contributed by atoms with E-state index in [0.717, 1.165) is 32.1 Å². The summed E-state index contributed by atoms with van der Waals surface area (Å²) in [5.74, 6) is -1.16. The Balaban J connectivity index is 2.01. The van der Waals surface area contributed by atoms with Crippen molar-refractivity contribution in [3.8, 4) is 0 Å². The summed E-state index contributed by atoms with van der Waals surface area (Å²) in [6, 6.07) is 2.98. The highest BCUT2D eigenvalue weighted by Crippen LogP contribution is 2.13. The number of nitrogens with zero attached hydrogens (tertiary/aromatic N) is 1. The molecule has 0 unspecified atom stereocenters. The van der Waals surface area contributed by atoms with Crippen molar-refractivity contribution in [2.45, 2.75) is 84.0 Å². The minimum atomic E-state index is -1.09. The van der Waals surface area contributed by atoms with Gasteiger partial charge in [0.15, 0.2) is 0 Å². The third-order valence-electron chi connectivity index (χ3n) is 4.65. The van der Waals surface area contributed by atoms with E-state index >= 15 is 0 Å². The van der Waals surface area contributed by atoms with E-state index in [1.54, 1.807) is 6.07 Å². The van der Waals surface area contributed by atoms with Gasteiger partial charge in [0, 0.05) is 12.6 Å². The summed E-state index contributed by atoms with van der Waals surface area (Å²) in [5.41, 5.74) is 0.0147. The average molecular weight is 401 g/mol. The van der Waals surface area contributed by atoms with E-state index in [1.807, 2.05) is 0 Å². The molecule has 1 amide bonds. The van der Waals surface area contributed by atoms with Crippen LogP contribution in [0.1, 0.15) is 94.3 Å². The van der Waals surface area contributed by atoms with Gasteiger partial charge in [-0.3, -0.25) is 4.79 Å². The molecule has 0 aromatic carbocycles. The standard InChI is InChI=1S/C24H36N2O3/c1-2-3-4-5-6-7-8-9-10-11-12-13-14-15-16-19-22(27)26-23-21(24(28)29)18-17-20-25-23/h6-7,9-10,17-18,20H,2-5,8,11-16,19H2,1H3,(H,28,29)(H,25,26,27)/b7-6-,10-9-. The Labute approximate surface area is 175 Å². The smallest absolute Gasteiger partial charge is 0.339 e. The maximum atomic E-state index is 12.0. The van der Waals surface area contributed by atoms with Gasteiger partial charge in [-0.2, -0.15) is 0 Å². The number of amides is 1. The molecule has 0 saturated heterocycles. The summed E-state index contributed by atoms with van der Waals surface area (Å²) in [4.78, 5) is 27.0. The predicted molar refractivity (Wildman–Crippen MR) is 119 cm³/mol. The molecule has 0 saturated carbocycles. The van der Waals surface area contributed by atoms with E-state index in [9.17, 15) is 9.59 Å². The number of carbonyl (C=O) groups is 2. The fourth-order valence-corrected chi connectivity index (χ4v) is 2.97. The molecule has 1 heterocycles. The Hall–Kier alpha value is -2.43. The molecule has 1 rings (SSSR count). The summed E-state index contributed by atoms with van der Waals surface area (Å²) >= 11 is 0. The van der Waals surface area contributed by atoms with Crippen molar-refractivity contribution < 1.29 is 14.7 Å². The highest BCUT2D eigenvalue weighted by molar-refractivity contribution is 5.99. The molecule has 29 heavy (non-hydrogen) atoms. The zero-order valence-electron chi connectivity index (χ0n) is 17.7. The zero-order chi connectivity index (χ0) is 21.2. The van der Waals surface area contributed by atoms with Crippen LogP contribution in [0.15, 0.2) is 42.6 Å². The first-order valence-electron chi connectivity index (χ1n) is 10.9. The number of unbranched alkanes of at least 4 members (excludes halogenated alkanes) is 8. The third-order valence-corrected chi connectivity index (χ3v) is 4.65. The van der Waals surface area contributed by atoms with E-state index in [1.165, 1.54) is 50.8 Å². The lowest BCUT2D eigenvalue weighted by Gasteiger charge is -2.07. The van der Waals surface area contributed by atoms with Crippen molar-refractivity contribution in [2.75, 3.05) is 5.32 Å². The van der Waals surface area contributed by atoms with Crippen LogP contribution in [-0.4, -0.2) is 22.0 Å². The number of hydrogen-bond acceptors (Lipinski definition) is 3. The number of pyridine rings is 1. The SMILES string of the molecule is CCCCC/C=C\C/C=C\CCCCCCCC(=O)Nc1ncccc1C(=O)O. The number of aromatic carboxylic acids is 1. The molecule has 5 nitrogen and oxygen atoms in total. The minimum absolute atomic E-state index is 0.0147. The van der Waals surface area contributed by atoms with Gasteiger partial charge in [-0.05, 0) is 50.7 Å². The van der Waals surface area contributed by atoms with E-state index < -0.39 is 5.97 Å². The Morgan fingerprint density at radius 1 is 0.966 bits per heavy atom. The number of carboxylic acids is 1. The second-order valence-corrected chi connectivity index (χ2v) is 7.23. The number of aromatic nitrogens is 1. The zero-order valence-corrected chi connectivity index (χ0v) is 17.7. The topological polar surface area (TPSA) is 79.3 Å². The molecule has 0 aliphatic carbocycles. The van der Waals surface area contributed by atoms with Crippen molar-refractivity contribution >= 4 is 17.7 Å². The molecule has 5 heteroatoms. The van der Waals surface area contributed by atoms with Crippen LogP contribution in [0.4, 0.5) is 5.82 Å². The molecule has 0 aliphatic heterocycles. The molecule has 0 atom stereocenters. The fourth-order valence-electron chi connectivity index (χ4n) is 2.97. The predicted octanol–water partition coefficient (Wildman–Crippen LogP) is 6.53. The largest absolute Gasteiger partial charge is 0.478 e. The summed E-state index contributed by atoms with van der Waals surface area (Å²) in [6.45, 7) is 2.23. The Morgan fingerprint density at radius 3 is 2.31 bits per heavy atom. The summed E-state index contributed by atoms with van der Waals surface area (Å²) in [5, 5.41) is 11.7. The molecular weight excluding hydrogens is 364 g/mol. The van der Waals surface area contributed by atoms with Gasteiger partial charge < -0.3 is 10.4 Å². The van der Waals surface area contributed by atoms with Gasteiger partial charge in [0.2, 0.25) is 5.91 Å². The van der Waals surface area contributed by atoms with Gasteiger partial charge >= 0.3 is 5.97 Å². The van der Waals surface area contributed by atoms with Crippen molar-refractivity contribution in [3.63, 3.8) is 0 Å². The number of allylic oxidation sites excluding steroid dienone is 4. The maximum Gasteiger partial charge on any atom is 0.339 e. The van der Waals surface area contributed by atoms with Crippen LogP contribution in [0.5, 0.6) is 0 Å². The number of carboxylic acid groups (broad SMARTS) is 1. The molecule has 2 N–H and O–H groups in total. The van der Waals surface area contributed by atoms with E-state index in [2.05, 4.69) is 41.5 Å². The molecule has 0 aliphatic rings. The first kappa shape index (κ1) is 24.6. The van der Waals surface area contributed by atoms with Crippen LogP contribution >= 0.6 is 0 Å². The van der Waals surface area contributed by atoms with E-state index in [4.69, 9.17) is 5.11 Å². The molecule has 1 aromatic rings. The van der Waals surface area contributed by atoms with Gasteiger partial charge in [-0.15, -0.1) is 0 Å². The van der Waals surface area contributed by atoms with Crippen molar-refractivity contribution in [1.82, 2.24) is 4.98 Å². The number of nitrogens with one attached hydrogen (secondary N) is 1. The minimum Gasteiger partial charge on any atom is -0.478 e. The lowest BCUT2D eigenvalue weighted by molar-refractivity contribution is -0.116. The van der Waals surface area contributed by atoms with Crippen LogP contribution in [0.3, 0.4) is 0 Å². The Morgan fingerprint density at radius 2 is 1.62 bits per heavy atom. The summed E-state index contributed by atoms with van der Waals surface area (Å²) in [7, 11) is 0. The van der Waals surface area contributed by atoms with Gasteiger partial charge in [-0.25, -0.2) is 9.78 Å². The lowest BCUT2D eigenvalue weighted by atomic mass is 10.1. The highest BCUT2D eigenvalue weighted by atomic mass is 16.4. The Kier molecular flexibility index (Phi) is 14.0. The first-order valence-corrected chi connectivity index (χ1v) is 10.9. The number of hydrogen-bond donors (Lipinski definition) is 2. The monoisotopic (exact) mass is 400 g/mol. The molecule has 0 bridgehead atoms. The van der Waals surface area contributed by atoms with Crippen molar-refractivity contribution in [3.05, 3.63) is 48.2 Å². The van der Waals surface area contributed by atoms with Crippen LogP contribution in [-0.2, 0) is 4.79 Å². The van der Waals surface area contributed by atoms with E-state index in [0.29, 0.717) is 6.42 Å². The van der Waals surface area contributed by atoms with Gasteiger partial charge in [0.05, 0.1) is 0 Å². The molecule has 1 aromatic heterocycles. The van der Waals surface area contributed by atoms with Gasteiger partial charge in [-0.1, -0.05) is 63.3 Å². The van der Waals surface area contributed by atoms with Crippen LogP contribution < -0.4 is 5.32 Å². The average Bonchev–Trinajstić information content (AvgIpc) is 2.71. The summed E-state index contributed by atoms with van der Waals surface area (Å²) < 4.78 is 0. The maximum absolute atomic E-state index is 12.0. The van der Waals surface area contributed by atoms with Gasteiger partial charge in [0.1, 0.15) is 11.4 Å². The number of carbonyl (C=O) groups excluding carboxylic acids is 1. The normalized spacial score (nSPS) is 11.3. The van der Waals surface area contributed by atoms with Crippen LogP contribution in [0, 0.1) is 0 Å². The number of anilines is 1. The van der Waals surface area contributed by atoms with Crippen molar-refractivity contribution in [1.29, 1.82) is 0 Å². The third kappa shape index (κ3) is 12.6. The van der Waals surface area contributed by atoms with Crippen LogP contribution in [0.2, 0.25) is 0 Å². The second kappa shape index (κ2) is 16.5. The number of rotatable bonds is 16. The lowest BCUT2D eigenvalue weighted by Crippen LogP contribution is -2.15. The molecule has 0 spiro atoms. The molecule has 0 radical (unpaired) electrons. The second-order valence-electron chi connectivity index (χ2n) is 7.23. The van der Waals surface area contributed by atoms with Gasteiger partial charge in [0.25, 0.3) is 0 Å². The quantitative estimate of drug-likeness (QED) is 0.244. The first-order chi connectivity index (χ1) is 14.1. The summed E-state index contributed by atoms with van der Waals surface area (Å²) in [6.07, 6.45) is 23.4.